The number of ether oxygens (including phenoxy) is 1. The number of halogens is 1. The Balaban J connectivity index is 2.19. The van der Waals surface area contributed by atoms with Gasteiger partial charge in [-0.1, -0.05) is 34.0 Å². The second-order valence-electron chi connectivity index (χ2n) is 3.79. The van der Waals surface area contributed by atoms with Crippen molar-refractivity contribution < 1.29 is 9.53 Å². The number of ketones is 1. The standard InChI is InChI=1S/C16H11BrO2/c1-19-13-9-6-12(7-10-13)8-11-16(18)14-4-2-3-5-15(14)17/h2-7,9-10H,1H3. The van der Waals surface area contributed by atoms with Crippen LogP contribution in [0.15, 0.2) is 53.0 Å². The average Bonchev–Trinajstić information content (AvgIpc) is 2.46. The molecule has 0 aliphatic heterocycles. The molecule has 0 atom stereocenters. The Hall–Kier alpha value is -2.05. The molecular weight excluding hydrogens is 304 g/mol. The molecule has 0 saturated heterocycles. The molecule has 2 nitrogen and oxygen atoms in total. The van der Waals surface area contributed by atoms with E-state index in [0.29, 0.717) is 5.56 Å². The van der Waals surface area contributed by atoms with E-state index in [2.05, 4.69) is 27.8 Å². The van der Waals surface area contributed by atoms with E-state index in [1.54, 1.807) is 13.2 Å². The number of carbonyl (C=O) groups is 1. The second kappa shape index (κ2) is 6.21. The van der Waals surface area contributed by atoms with Gasteiger partial charge in [-0.25, -0.2) is 0 Å². The Morgan fingerprint density at radius 3 is 2.42 bits per heavy atom. The van der Waals surface area contributed by atoms with E-state index >= 15 is 0 Å². The molecule has 0 N–H and O–H groups in total. The van der Waals surface area contributed by atoms with Crippen molar-refractivity contribution in [1.82, 2.24) is 0 Å². The van der Waals surface area contributed by atoms with E-state index < -0.39 is 0 Å². The summed E-state index contributed by atoms with van der Waals surface area (Å²) in [6.45, 7) is 0. The van der Waals surface area contributed by atoms with Crippen molar-refractivity contribution in [2.45, 2.75) is 0 Å². The summed E-state index contributed by atoms with van der Waals surface area (Å²) < 4.78 is 5.81. The monoisotopic (exact) mass is 314 g/mol. The number of rotatable bonds is 2. The van der Waals surface area contributed by atoms with Crippen LogP contribution in [0.1, 0.15) is 15.9 Å². The molecule has 19 heavy (non-hydrogen) atoms. The van der Waals surface area contributed by atoms with Crippen LogP contribution in [0.3, 0.4) is 0 Å². The highest BCUT2D eigenvalue weighted by Gasteiger charge is 2.05. The van der Waals surface area contributed by atoms with Gasteiger partial charge in [-0.2, -0.15) is 0 Å². The normalized spacial score (nSPS) is 9.37. The van der Waals surface area contributed by atoms with E-state index in [9.17, 15) is 4.79 Å². The topological polar surface area (TPSA) is 26.3 Å². The number of carbonyl (C=O) groups excluding carboxylic acids is 1. The van der Waals surface area contributed by atoms with Gasteiger partial charge < -0.3 is 4.74 Å². The minimum atomic E-state index is -0.205. The van der Waals surface area contributed by atoms with Crippen molar-refractivity contribution in [3.05, 3.63) is 64.1 Å². The van der Waals surface area contributed by atoms with E-state index in [-0.39, 0.29) is 5.78 Å². The van der Waals surface area contributed by atoms with Crippen molar-refractivity contribution in [1.29, 1.82) is 0 Å². The molecule has 0 radical (unpaired) electrons. The highest BCUT2D eigenvalue weighted by molar-refractivity contribution is 9.10. The third-order valence-corrected chi connectivity index (χ3v) is 3.22. The van der Waals surface area contributed by atoms with Gasteiger partial charge in [0.15, 0.2) is 0 Å². The number of methoxy groups -OCH3 is 1. The molecule has 2 aromatic rings. The fourth-order valence-corrected chi connectivity index (χ4v) is 1.98. The van der Waals surface area contributed by atoms with E-state index in [1.165, 1.54) is 0 Å². The van der Waals surface area contributed by atoms with Crippen molar-refractivity contribution in [3.8, 4) is 17.6 Å². The summed E-state index contributed by atoms with van der Waals surface area (Å²) in [6, 6.07) is 14.5. The van der Waals surface area contributed by atoms with Gasteiger partial charge in [-0.3, -0.25) is 4.79 Å². The molecule has 2 aromatic carbocycles. The highest BCUT2D eigenvalue weighted by Crippen LogP contribution is 2.16. The van der Waals surface area contributed by atoms with Gasteiger partial charge >= 0.3 is 0 Å². The zero-order valence-electron chi connectivity index (χ0n) is 10.3. The molecule has 3 heteroatoms. The maximum atomic E-state index is 11.9. The van der Waals surface area contributed by atoms with Crippen molar-refractivity contribution in [3.63, 3.8) is 0 Å². The van der Waals surface area contributed by atoms with Gasteiger partial charge in [0.05, 0.1) is 7.11 Å². The molecule has 0 saturated carbocycles. The van der Waals surface area contributed by atoms with Gasteiger partial charge in [0.2, 0.25) is 5.78 Å². The fourth-order valence-electron chi connectivity index (χ4n) is 1.52. The molecule has 0 spiro atoms. The lowest BCUT2D eigenvalue weighted by Crippen LogP contribution is -1.95. The number of Topliss-reactive ketones (excluding diaryl/α,β-unsaturated/α-hetero) is 1. The van der Waals surface area contributed by atoms with Gasteiger partial charge in [0, 0.05) is 15.6 Å². The first-order chi connectivity index (χ1) is 9.20. The maximum absolute atomic E-state index is 11.9. The van der Waals surface area contributed by atoms with Crippen LogP contribution in [-0.4, -0.2) is 12.9 Å². The van der Waals surface area contributed by atoms with E-state index in [1.807, 2.05) is 42.5 Å². The second-order valence-corrected chi connectivity index (χ2v) is 4.64. The third-order valence-electron chi connectivity index (χ3n) is 2.53. The van der Waals surface area contributed by atoms with Crippen LogP contribution in [0.25, 0.3) is 0 Å². The van der Waals surface area contributed by atoms with Crippen LogP contribution < -0.4 is 4.74 Å². The predicted octanol–water partition coefficient (Wildman–Crippen LogP) is 3.69. The summed E-state index contributed by atoms with van der Waals surface area (Å²) in [5, 5.41) is 0. The molecule has 94 valence electrons. The van der Waals surface area contributed by atoms with Crippen LogP contribution in [0.4, 0.5) is 0 Å². The summed E-state index contributed by atoms with van der Waals surface area (Å²) in [5.74, 6) is 6.04. The quantitative estimate of drug-likeness (QED) is 0.624. The fraction of sp³-hybridized carbons (Fsp3) is 0.0625. The Kier molecular flexibility index (Phi) is 4.38. The first kappa shape index (κ1) is 13.4. The summed E-state index contributed by atoms with van der Waals surface area (Å²) in [6.07, 6.45) is 0. The Bertz CT molecular complexity index is 648. The summed E-state index contributed by atoms with van der Waals surface area (Å²) in [7, 11) is 1.61. The Labute approximate surface area is 120 Å². The average molecular weight is 315 g/mol. The third kappa shape index (κ3) is 3.46. The maximum Gasteiger partial charge on any atom is 0.237 e. The summed E-state index contributed by atoms with van der Waals surface area (Å²) in [4.78, 5) is 11.9. The predicted molar refractivity (Wildman–Crippen MR) is 78.3 cm³/mol. The molecule has 0 amide bonds. The van der Waals surface area contributed by atoms with Crippen molar-refractivity contribution >= 4 is 21.7 Å². The molecule has 0 aromatic heterocycles. The molecule has 0 aliphatic rings. The first-order valence-corrected chi connectivity index (χ1v) is 6.45. The number of hydrogen-bond donors (Lipinski definition) is 0. The smallest absolute Gasteiger partial charge is 0.237 e. The molecule has 0 aliphatic carbocycles. The Morgan fingerprint density at radius 2 is 1.79 bits per heavy atom. The number of benzene rings is 2. The van der Waals surface area contributed by atoms with Crippen LogP contribution in [-0.2, 0) is 0 Å². The Morgan fingerprint density at radius 1 is 1.11 bits per heavy atom. The summed E-state index contributed by atoms with van der Waals surface area (Å²) >= 11 is 3.34. The molecule has 0 bridgehead atoms. The van der Waals surface area contributed by atoms with Gasteiger partial charge in [-0.05, 0) is 42.3 Å². The zero-order chi connectivity index (χ0) is 13.7. The van der Waals surface area contributed by atoms with E-state index in [0.717, 1.165) is 15.8 Å². The molecule has 0 fully saturated rings. The van der Waals surface area contributed by atoms with Gasteiger partial charge in [0.25, 0.3) is 0 Å². The van der Waals surface area contributed by atoms with Crippen molar-refractivity contribution in [2.24, 2.45) is 0 Å². The summed E-state index contributed by atoms with van der Waals surface area (Å²) in [5.41, 5.74) is 1.35. The van der Waals surface area contributed by atoms with Crippen LogP contribution in [0.5, 0.6) is 5.75 Å². The van der Waals surface area contributed by atoms with Gasteiger partial charge in [0.1, 0.15) is 5.75 Å². The lowest BCUT2D eigenvalue weighted by Gasteiger charge is -1.98. The lowest BCUT2D eigenvalue weighted by molar-refractivity contribution is 0.105. The molecule has 0 heterocycles. The van der Waals surface area contributed by atoms with Crippen LogP contribution >= 0.6 is 15.9 Å². The van der Waals surface area contributed by atoms with Crippen LogP contribution in [0, 0.1) is 11.8 Å². The minimum Gasteiger partial charge on any atom is -0.497 e. The number of hydrogen-bond acceptors (Lipinski definition) is 2. The lowest BCUT2D eigenvalue weighted by atomic mass is 10.1. The minimum absolute atomic E-state index is 0.205. The molecule has 2 rings (SSSR count). The largest absolute Gasteiger partial charge is 0.497 e. The first-order valence-electron chi connectivity index (χ1n) is 5.65. The molecule has 0 unspecified atom stereocenters. The van der Waals surface area contributed by atoms with Crippen LogP contribution in [0.2, 0.25) is 0 Å². The van der Waals surface area contributed by atoms with Crippen molar-refractivity contribution in [2.75, 3.05) is 7.11 Å². The van der Waals surface area contributed by atoms with Gasteiger partial charge in [-0.15, -0.1) is 0 Å². The molecular formula is C16H11BrO2. The SMILES string of the molecule is COc1ccc(C#CC(=O)c2ccccc2Br)cc1. The highest BCUT2D eigenvalue weighted by atomic mass is 79.9. The van der Waals surface area contributed by atoms with E-state index in [4.69, 9.17) is 4.74 Å². The zero-order valence-corrected chi connectivity index (χ0v) is 11.9.